The molecule has 0 amide bonds. The number of cyclic esters (lactones) is 1. The number of aryl methyl sites for hydroxylation is 1. The van der Waals surface area contributed by atoms with Gasteiger partial charge in [0.1, 0.15) is 11.4 Å². The van der Waals surface area contributed by atoms with Crippen molar-refractivity contribution in [2.45, 2.75) is 57.5 Å². The van der Waals surface area contributed by atoms with Crippen molar-refractivity contribution < 1.29 is 24.5 Å². The van der Waals surface area contributed by atoms with Crippen LogP contribution < -0.4 is 0 Å². The van der Waals surface area contributed by atoms with Gasteiger partial charge in [-0.3, -0.25) is 4.79 Å². The van der Waals surface area contributed by atoms with Gasteiger partial charge in [-0.25, -0.2) is 4.79 Å². The fourth-order valence-electron chi connectivity index (χ4n) is 3.18. The third-order valence-corrected chi connectivity index (χ3v) is 4.40. The first kappa shape index (κ1) is 18.0. The van der Waals surface area contributed by atoms with E-state index in [1.165, 1.54) is 0 Å². The lowest BCUT2D eigenvalue weighted by Crippen LogP contribution is -2.40. The molecule has 0 aliphatic carbocycles. The zero-order valence-corrected chi connectivity index (χ0v) is 14.0. The first-order valence-corrected chi connectivity index (χ1v) is 8.36. The van der Waals surface area contributed by atoms with Crippen molar-refractivity contribution in [2.75, 3.05) is 0 Å². The van der Waals surface area contributed by atoms with E-state index in [9.17, 15) is 14.7 Å². The molecule has 0 spiro atoms. The number of aliphatic hydroxyl groups excluding tert-OH is 1. The molecule has 1 aliphatic rings. The highest BCUT2D eigenvalue weighted by Crippen LogP contribution is 2.37. The molecule has 5 heteroatoms. The topological polar surface area (TPSA) is 83.8 Å². The zero-order chi connectivity index (χ0) is 17.6. The number of benzene rings is 1. The quantitative estimate of drug-likeness (QED) is 0.708. The number of hydrogen-bond acceptors (Lipinski definition) is 4. The van der Waals surface area contributed by atoms with Crippen LogP contribution in [0.5, 0.6) is 0 Å². The van der Waals surface area contributed by atoms with Crippen molar-refractivity contribution in [3.8, 4) is 0 Å². The molecule has 0 unspecified atom stereocenters. The fourth-order valence-corrected chi connectivity index (χ4v) is 3.18. The molecule has 24 heavy (non-hydrogen) atoms. The summed E-state index contributed by atoms with van der Waals surface area (Å²) in [7, 11) is 0. The average Bonchev–Trinajstić information content (AvgIpc) is 2.53. The third-order valence-electron chi connectivity index (χ3n) is 4.40. The van der Waals surface area contributed by atoms with E-state index in [2.05, 4.69) is 0 Å². The number of carboxylic acid groups (broad SMARTS) is 1. The Kier molecular flexibility index (Phi) is 6.01. The minimum atomic E-state index is -1.00. The van der Waals surface area contributed by atoms with Crippen molar-refractivity contribution in [1.82, 2.24) is 0 Å². The van der Waals surface area contributed by atoms with Gasteiger partial charge in [-0.05, 0) is 31.2 Å². The highest BCUT2D eigenvalue weighted by atomic mass is 16.6. The maximum absolute atomic E-state index is 12.3. The van der Waals surface area contributed by atoms with Crippen LogP contribution in [0.15, 0.2) is 41.7 Å². The standard InChI is InChI=1S/C19H24O5/c1-2-11-19(12-10-14-6-4-3-5-7-14)13-16(20)15(18(23)24-19)8-9-17(21)22/h3-7,20H,2,8-13H2,1H3,(H,21,22)/t19-/m1/s1. The molecule has 0 aromatic heterocycles. The van der Waals surface area contributed by atoms with E-state index in [0.717, 1.165) is 18.4 Å². The van der Waals surface area contributed by atoms with Gasteiger partial charge in [0.15, 0.2) is 0 Å². The summed E-state index contributed by atoms with van der Waals surface area (Å²) in [6.07, 6.45) is 2.95. The van der Waals surface area contributed by atoms with Gasteiger partial charge in [-0.1, -0.05) is 43.7 Å². The van der Waals surface area contributed by atoms with E-state index in [0.29, 0.717) is 12.8 Å². The van der Waals surface area contributed by atoms with Gasteiger partial charge in [0.25, 0.3) is 0 Å². The van der Waals surface area contributed by atoms with Crippen molar-refractivity contribution >= 4 is 11.9 Å². The molecule has 130 valence electrons. The number of carboxylic acids is 1. The second-order valence-electron chi connectivity index (χ2n) is 6.30. The maximum atomic E-state index is 12.3. The Balaban J connectivity index is 2.12. The van der Waals surface area contributed by atoms with Crippen LogP contribution in [-0.2, 0) is 20.7 Å². The van der Waals surface area contributed by atoms with Gasteiger partial charge in [0.2, 0.25) is 0 Å². The molecule has 1 heterocycles. The van der Waals surface area contributed by atoms with Crippen LogP contribution in [0.1, 0.15) is 51.0 Å². The Bertz CT molecular complexity index is 620. The highest BCUT2D eigenvalue weighted by molar-refractivity contribution is 5.90. The summed E-state index contributed by atoms with van der Waals surface area (Å²) in [5, 5.41) is 19.1. The van der Waals surface area contributed by atoms with Crippen molar-refractivity contribution in [3.05, 3.63) is 47.2 Å². The zero-order valence-electron chi connectivity index (χ0n) is 14.0. The largest absolute Gasteiger partial charge is 0.512 e. The van der Waals surface area contributed by atoms with E-state index in [1.54, 1.807) is 0 Å². The summed E-state index contributed by atoms with van der Waals surface area (Å²) >= 11 is 0. The van der Waals surface area contributed by atoms with Gasteiger partial charge < -0.3 is 14.9 Å². The van der Waals surface area contributed by atoms with Gasteiger partial charge >= 0.3 is 11.9 Å². The van der Waals surface area contributed by atoms with Crippen molar-refractivity contribution in [1.29, 1.82) is 0 Å². The Hall–Kier alpha value is -2.30. The molecule has 2 rings (SSSR count). The summed E-state index contributed by atoms with van der Waals surface area (Å²) in [6.45, 7) is 2.01. The Morgan fingerprint density at radius 3 is 2.50 bits per heavy atom. The molecule has 2 N–H and O–H groups in total. The molecule has 0 radical (unpaired) electrons. The van der Waals surface area contributed by atoms with Gasteiger partial charge in [0.05, 0.1) is 5.57 Å². The molecule has 1 atom stereocenters. The van der Waals surface area contributed by atoms with Gasteiger partial charge in [-0.15, -0.1) is 0 Å². The van der Waals surface area contributed by atoms with Crippen LogP contribution in [0.4, 0.5) is 0 Å². The van der Waals surface area contributed by atoms with E-state index < -0.39 is 17.5 Å². The molecule has 1 aromatic carbocycles. The second kappa shape index (κ2) is 7.99. The van der Waals surface area contributed by atoms with E-state index >= 15 is 0 Å². The number of rotatable bonds is 8. The molecular formula is C19H24O5. The van der Waals surface area contributed by atoms with Gasteiger partial charge in [-0.2, -0.15) is 0 Å². The number of hydrogen-bond donors (Lipinski definition) is 2. The summed E-state index contributed by atoms with van der Waals surface area (Å²) < 4.78 is 5.70. The number of esters is 1. The molecule has 5 nitrogen and oxygen atoms in total. The van der Waals surface area contributed by atoms with Crippen LogP contribution >= 0.6 is 0 Å². The number of aliphatic hydroxyl groups is 1. The fraction of sp³-hybridized carbons (Fsp3) is 0.474. The first-order chi connectivity index (χ1) is 11.5. The second-order valence-corrected chi connectivity index (χ2v) is 6.30. The van der Waals surface area contributed by atoms with Crippen molar-refractivity contribution in [3.63, 3.8) is 0 Å². The number of ether oxygens (including phenoxy) is 1. The number of carbonyl (C=O) groups excluding carboxylic acids is 1. The third kappa shape index (κ3) is 4.60. The summed E-state index contributed by atoms with van der Waals surface area (Å²) in [5.74, 6) is -1.60. The first-order valence-electron chi connectivity index (χ1n) is 8.36. The molecular weight excluding hydrogens is 308 g/mol. The predicted octanol–water partition coefficient (Wildman–Crippen LogP) is 3.78. The molecule has 0 saturated heterocycles. The lowest BCUT2D eigenvalue weighted by atomic mass is 9.83. The smallest absolute Gasteiger partial charge is 0.337 e. The van der Waals surface area contributed by atoms with E-state index in [-0.39, 0.29) is 30.6 Å². The normalized spacial score (nSPS) is 20.8. The molecule has 0 fully saturated rings. The molecule has 1 aromatic rings. The van der Waals surface area contributed by atoms with Crippen molar-refractivity contribution in [2.24, 2.45) is 0 Å². The maximum Gasteiger partial charge on any atom is 0.337 e. The Morgan fingerprint density at radius 2 is 1.92 bits per heavy atom. The molecule has 0 bridgehead atoms. The van der Waals surface area contributed by atoms with Gasteiger partial charge in [0, 0.05) is 12.8 Å². The number of aliphatic carboxylic acids is 1. The molecule has 0 saturated carbocycles. The van der Waals surface area contributed by atoms with Crippen LogP contribution in [-0.4, -0.2) is 27.8 Å². The minimum absolute atomic E-state index is 0.000883. The van der Waals surface area contributed by atoms with E-state index in [4.69, 9.17) is 9.84 Å². The van der Waals surface area contributed by atoms with Crippen LogP contribution in [0.3, 0.4) is 0 Å². The minimum Gasteiger partial charge on any atom is -0.512 e. The number of carbonyl (C=O) groups is 2. The Labute approximate surface area is 142 Å². The lowest BCUT2D eigenvalue weighted by Gasteiger charge is -2.37. The summed E-state index contributed by atoms with van der Waals surface area (Å²) in [4.78, 5) is 23.0. The van der Waals surface area contributed by atoms with Crippen LogP contribution in [0.25, 0.3) is 0 Å². The monoisotopic (exact) mass is 332 g/mol. The SMILES string of the molecule is CCC[C@@]1(CCc2ccccc2)CC(O)=C(CCC(=O)O)C(=O)O1. The summed E-state index contributed by atoms with van der Waals surface area (Å²) in [6, 6.07) is 9.94. The lowest BCUT2D eigenvalue weighted by molar-refractivity contribution is -0.161. The molecule has 1 aliphatic heterocycles. The Morgan fingerprint density at radius 1 is 1.21 bits per heavy atom. The highest BCUT2D eigenvalue weighted by Gasteiger charge is 2.40. The van der Waals surface area contributed by atoms with Crippen LogP contribution in [0, 0.1) is 0 Å². The summed E-state index contributed by atoms with van der Waals surface area (Å²) in [5.41, 5.74) is 0.548. The van der Waals surface area contributed by atoms with Crippen LogP contribution in [0.2, 0.25) is 0 Å². The van der Waals surface area contributed by atoms with E-state index in [1.807, 2.05) is 37.3 Å². The predicted molar refractivity (Wildman–Crippen MR) is 89.6 cm³/mol. The average molecular weight is 332 g/mol.